The van der Waals surface area contributed by atoms with Gasteiger partial charge >= 0.3 is 5.97 Å². The first-order chi connectivity index (χ1) is 6.11. The van der Waals surface area contributed by atoms with Gasteiger partial charge in [0.25, 0.3) is 0 Å². The van der Waals surface area contributed by atoms with Crippen LogP contribution in [-0.4, -0.2) is 30.1 Å². The Kier molecular flexibility index (Phi) is 7.09. The zero-order valence-electron chi connectivity index (χ0n) is 8.58. The Labute approximate surface area is 84.4 Å². The number of hydrogen-bond acceptors (Lipinski definition) is 4. The van der Waals surface area contributed by atoms with Gasteiger partial charge in [-0.2, -0.15) is 11.8 Å². The predicted octanol–water partition coefficient (Wildman–Crippen LogP) is 1.41. The van der Waals surface area contributed by atoms with Gasteiger partial charge in [-0.25, -0.2) is 0 Å². The molecule has 0 spiro atoms. The third kappa shape index (κ3) is 5.93. The molecular weight excluding hydrogens is 186 g/mol. The summed E-state index contributed by atoms with van der Waals surface area (Å²) >= 11 is 1.68. The Hall–Kier alpha value is -0.220. The summed E-state index contributed by atoms with van der Waals surface area (Å²) in [7, 11) is 0. The van der Waals surface area contributed by atoms with Crippen LogP contribution < -0.4 is 5.73 Å². The summed E-state index contributed by atoms with van der Waals surface area (Å²) in [5.41, 5.74) is 5.62. The molecule has 0 fully saturated rings. The molecule has 0 bridgehead atoms. The Morgan fingerprint density at radius 3 is 2.69 bits per heavy atom. The highest BCUT2D eigenvalue weighted by Gasteiger charge is 2.16. The third-order valence-electron chi connectivity index (χ3n) is 1.83. The van der Waals surface area contributed by atoms with Crippen LogP contribution in [0.15, 0.2) is 0 Å². The standard InChI is InChI=1S/C9H19NO2S/c1-4-7(2)12-9(11)8(10)5-6-13-3/h7-8H,4-6,10H2,1-3H3/t7-,8-/m1/s1. The fraction of sp³-hybridized carbons (Fsp3) is 0.889. The summed E-state index contributed by atoms with van der Waals surface area (Å²) in [5.74, 6) is 0.625. The van der Waals surface area contributed by atoms with Gasteiger partial charge in [-0.1, -0.05) is 6.92 Å². The highest BCUT2D eigenvalue weighted by Crippen LogP contribution is 2.03. The lowest BCUT2D eigenvalue weighted by Crippen LogP contribution is -2.34. The fourth-order valence-electron chi connectivity index (χ4n) is 0.732. The van der Waals surface area contributed by atoms with Gasteiger partial charge < -0.3 is 10.5 Å². The topological polar surface area (TPSA) is 52.3 Å². The van der Waals surface area contributed by atoms with Gasteiger partial charge in [-0.3, -0.25) is 4.79 Å². The minimum absolute atomic E-state index is 0.0205. The lowest BCUT2D eigenvalue weighted by Gasteiger charge is -2.14. The molecule has 13 heavy (non-hydrogen) atoms. The van der Waals surface area contributed by atoms with Crippen LogP contribution in [-0.2, 0) is 9.53 Å². The molecule has 0 unspecified atom stereocenters. The monoisotopic (exact) mass is 205 g/mol. The van der Waals surface area contributed by atoms with E-state index in [0.717, 1.165) is 12.2 Å². The first kappa shape index (κ1) is 12.8. The molecule has 0 aromatic heterocycles. The van der Waals surface area contributed by atoms with Crippen LogP contribution in [0.5, 0.6) is 0 Å². The van der Waals surface area contributed by atoms with Gasteiger partial charge in [0.2, 0.25) is 0 Å². The summed E-state index contributed by atoms with van der Waals surface area (Å²) in [6.07, 6.45) is 3.50. The molecule has 0 aliphatic rings. The van der Waals surface area contributed by atoms with Gasteiger partial charge in [-0.05, 0) is 31.8 Å². The molecule has 3 nitrogen and oxygen atoms in total. The van der Waals surface area contributed by atoms with Crippen molar-refractivity contribution in [3.63, 3.8) is 0 Å². The van der Waals surface area contributed by atoms with Gasteiger partial charge in [0.1, 0.15) is 6.04 Å². The smallest absolute Gasteiger partial charge is 0.323 e. The van der Waals surface area contributed by atoms with Crippen LogP contribution in [0.1, 0.15) is 26.7 Å². The number of nitrogens with two attached hydrogens (primary N) is 1. The molecule has 0 aromatic carbocycles. The van der Waals surface area contributed by atoms with E-state index in [4.69, 9.17) is 10.5 Å². The van der Waals surface area contributed by atoms with E-state index < -0.39 is 6.04 Å². The first-order valence-corrected chi connectivity index (χ1v) is 5.96. The van der Waals surface area contributed by atoms with Crippen molar-refractivity contribution in [3.05, 3.63) is 0 Å². The summed E-state index contributed by atoms with van der Waals surface area (Å²) in [4.78, 5) is 11.3. The van der Waals surface area contributed by atoms with Gasteiger partial charge in [0, 0.05) is 0 Å². The van der Waals surface area contributed by atoms with Crippen LogP contribution >= 0.6 is 11.8 Å². The zero-order valence-corrected chi connectivity index (χ0v) is 9.39. The highest BCUT2D eigenvalue weighted by molar-refractivity contribution is 7.98. The largest absolute Gasteiger partial charge is 0.462 e. The normalized spacial score (nSPS) is 15.1. The van der Waals surface area contributed by atoms with Crippen LogP contribution in [0.25, 0.3) is 0 Å². The lowest BCUT2D eigenvalue weighted by molar-refractivity contribution is -0.149. The summed E-state index contributed by atoms with van der Waals surface area (Å²) in [5, 5.41) is 0. The van der Waals surface area contributed by atoms with Crippen molar-refractivity contribution in [2.75, 3.05) is 12.0 Å². The van der Waals surface area contributed by atoms with Crippen LogP contribution in [0.4, 0.5) is 0 Å². The van der Waals surface area contributed by atoms with Crippen molar-refractivity contribution in [3.8, 4) is 0 Å². The second-order valence-electron chi connectivity index (χ2n) is 3.04. The number of carbonyl (C=O) groups is 1. The number of thioether (sulfide) groups is 1. The minimum atomic E-state index is -0.457. The summed E-state index contributed by atoms with van der Waals surface area (Å²) < 4.78 is 5.09. The number of ether oxygens (including phenoxy) is 1. The van der Waals surface area contributed by atoms with E-state index in [-0.39, 0.29) is 12.1 Å². The number of rotatable bonds is 6. The van der Waals surface area contributed by atoms with Gasteiger partial charge in [-0.15, -0.1) is 0 Å². The molecule has 2 atom stereocenters. The van der Waals surface area contributed by atoms with Crippen LogP contribution in [0.3, 0.4) is 0 Å². The van der Waals surface area contributed by atoms with Crippen molar-refractivity contribution < 1.29 is 9.53 Å². The summed E-state index contributed by atoms with van der Waals surface area (Å²) in [6.45, 7) is 3.85. The molecule has 0 saturated heterocycles. The van der Waals surface area contributed by atoms with Gasteiger partial charge in [0.15, 0.2) is 0 Å². The van der Waals surface area contributed by atoms with E-state index in [9.17, 15) is 4.79 Å². The maximum Gasteiger partial charge on any atom is 0.323 e. The van der Waals surface area contributed by atoms with E-state index in [0.29, 0.717) is 6.42 Å². The highest BCUT2D eigenvalue weighted by atomic mass is 32.2. The van der Waals surface area contributed by atoms with Crippen molar-refractivity contribution in [2.24, 2.45) is 5.73 Å². The molecule has 0 aliphatic carbocycles. The van der Waals surface area contributed by atoms with Crippen molar-refractivity contribution in [1.29, 1.82) is 0 Å². The van der Waals surface area contributed by atoms with E-state index in [1.807, 2.05) is 20.1 Å². The maximum atomic E-state index is 11.3. The SMILES string of the molecule is CC[C@@H](C)OC(=O)[C@H](N)CCSC. The second kappa shape index (κ2) is 7.21. The molecule has 0 aromatic rings. The Balaban J connectivity index is 3.68. The van der Waals surface area contributed by atoms with E-state index in [2.05, 4.69) is 0 Å². The van der Waals surface area contributed by atoms with E-state index in [1.165, 1.54) is 0 Å². The molecule has 78 valence electrons. The maximum absolute atomic E-state index is 11.3. The Morgan fingerprint density at radius 1 is 1.62 bits per heavy atom. The number of hydrogen-bond donors (Lipinski definition) is 1. The van der Waals surface area contributed by atoms with Crippen molar-refractivity contribution in [1.82, 2.24) is 0 Å². The second-order valence-corrected chi connectivity index (χ2v) is 4.03. The molecule has 0 radical (unpaired) electrons. The molecule has 0 heterocycles. The number of esters is 1. The zero-order chi connectivity index (χ0) is 10.3. The van der Waals surface area contributed by atoms with Crippen molar-refractivity contribution >= 4 is 17.7 Å². The molecule has 0 aliphatic heterocycles. The van der Waals surface area contributed by atoms with E-state index >= 15 is 0 Å². The van der Waals surface area contributed by atoms with Gasteiger partial charge in [0.05, 0.1) is 6.10 Å². The molecule has 0 rings (SSSR count). The third-order valence-corrected chi connectivity index (χ3v) is 2.47. The minimum Gasteiger partial charge on any atom is -0.462 e. The predicted molar refractivity (Wildman–Crippen MR) is 56.8 cm³/mol. The quantitative estimate of drug-likeness (QED) is 0.666. The first-order valence-electron chi connectivity index (χ1n) is 4.56. The number of carbonyl (C=O) groups excluding carboxylic acids is 1. The van der Waals surface area contributed by atoms with Crippen molar-refractivity contribution in [2.45, 2.75) is 38.8 Å². The Morgan fingerprint density at radius 2 is 2.23 bits per heavy atom. The van der Waals surface area contributed by atoms with E-state index in [1.54, 1.807) is 11.8 Å². The Bertz CT molecular complexity index is 153. The molecule has 2 N–H and O–H groups in total. The molecular formula is C9H19NO2S. The molecule has 4 heteroatoms. The van der Waals surface area contributed by atoms with Crippen LogP contribution in [0.2, 0.25) is 0 Å². The average molecular weight is 205 g/mol. The molecule has 0 saturated carbocycles. The summed E-state index contributed by atoms with van der Waals surface area (Å²) in [6, 6.07) is -0.457. The average Bonchev–Trinajstić information content (AvgIpc) is 2.13. The fourth-order valence-corrected chi connectivity index (χ4v) is 1.22. The molecule has 0 amide bonds. The lowest BCUT2D eigenvalue weighted by atomic mass is 10.2. The van der Waals surface area contributed by atoms with Crippen LogP contribution in [0, 0.1) is 0 Å².